The maximum Gasteiger partial charge on any atom is 0.191 e. The molecule has 174 valence electrons. The number of rotatable bonds is 7. The van der Waals surface area contributed by atoms with Gasteiger partial charge in [-0.2, -0.15) is 0 Å². The van der Waals surface area contributed by atoms with Gasteiger partial charge in [-0.3, -0.25) is 14.1 Å². The Morgan fingerprint density at radius 2 is 1.90 bits per heavy atom. The summed E-state index contributed by atoms with van der Waals surface area (Å²) in [5.41, 5.74) is 2.65. The van der Waals surface area contributed by atoms with Gasteiger partial charge >= 0.3 is 0 Å². The van der Waals surface area contributed by atoms with Crippen molar-refractivity contribution in [1.82, 2.24) is 15.5 Å². The Kier molecular flexibility index (Phi) is 9.35. The summed E-state index contributed by atoms with van der Waals surface area (Å²) in [7, 11) is 1.11. The van der Waals surface area contributed by atoms with E-state index in [2.05, 4.69) is 58.6 Å². The Morgan fingerprint density at radius 1 is 1.19 bits per heavy atom. The van der Waals surface area contributed by atoms with Gasteiger partial charge in [-0.1, -0.05) is 37.6 Å². The molecule has 31 heavy (non-hydrogen) atoms. The van der Waals surface area contributed by atoms with Crippen molar-refractivity contribution < 1.29 is 8.95 Å². The van der Waals surface area contributed by atoms with Crippen LogP contribution in [-0.4, -0.2) is 64.5 Å². The maximum atomic E-state index is 12.2. The molecule has 2 fully saturated rings. The fourth-order valence-electron chi connectivity index (χ4n) is 4.86. The number of ether oxygens (including phenoxy) is 1. The van der Waals surface area contributed by atoms with Crippen molar-refractivity contribution in [3.8, 4) is 0 Å². The fourth-order valence-corrected chi connectivity index (χ4v) is 6.20. The van der Waals surface area contributed by atoms with Crippen LogP contribution >= 0.6 is 0 Å². The molecule has 1 heterocycles. The first-order chi connectivity index (χ1) is 15.0. The molecular formula is C24H40N4O2S. The average Bonchev–Trinajstić information content (AvgIpc) is 2.76. The Bertz CT molecular complexity index is 747. The lowest BCUT2D eigenvalue weighted by molar-refractivity contribution is -0.0705. The lowest BCUT2D eigenvalue weighted by Crippen LogP contribution is -2.46. The molecule has 7 heteroatoms. The third kappa shape index (κ3) is 7.29. The van der Waals surface area contributed by atoms with Crippen molar-refractivity contribution in [3.05, 3.63) is 35.4 Å². The summed E-state index contributed by atoms with van der Waals surface area (Å²) >= 11 is 0. The average molecular weight is 449 g/mol. The van der Waals surface area contributed by atoms with Gasteiger partial charge in [0.25, 0.3) is 0 Å². The Balaban J connectivity index is 1.55. The van der Waals surface area contributed by atoms with Gasteiger partial charge in [0.05, 0.1) is 12.2 Å². The summed E-state index contributed by atoms with van der Waals surface area (Å²) in [4.78, 5) is 6.93. The number of morpholine rings is 1. The molecule has 0 aromatic heterocycles. The molecule has 1 aromatic carbocycles. The van der Waals surface area contributed by atoms with Crippen molar-refractivity contribution in [2.24, 2.45) is 4.99 Å². The number of nitrogens with zero attached hydrogens (tertiary/aromatic N) is 2. The van der Waals surface area contributed by atoms with Crippen LogP contribution < -0.4 is 10.6 Å². The van der Waals surface area contributed by atoms with Gasteiger partial charge in [0.2, 0.25) is 0 Å². The van der Waals surface area contributed by atoms with E-state index in [0.717, 1.165) is 63.6 Å². The van der Waals surface area contributed by atoms with E-state index in [1.54, 1.807) is 0 Å². The standard InChI is InChI=1S/C24H40N4O2S/c1-5-31(29)23-12-8-11-22(13-23)27-24(25-4)26-14-20-9-6-7-10-21(20)17-28-15-18(2)30-19(3)16-28/h6-7,9-10,18-19,22-23H,5,8,11-17H2,1-4H3,(H2,25,26,27). The molecule has 2 N–H and O–H groups in total. The monoisotopic (exact) mass is 448 g/mol. The Morgan fingerprint density at radius 3 is 2.58 bits per heavy atom. The summed E-state index contributed by atoms with van der Waals surface area (Å²) < 4.78 is 18.1. The molecule has 0 bridgehead atoms. The van der Waals surface area contributed by atoms with Gasteiger partial charge in [0.15, 0.2) is 5.96 Å². The van der Waals surface area contributed by atoms with Crippen molar-refractivity contribution in [3.63, 3.8) is 0 Å². The molecule has 5 unspecified atom stereocenters. The molecule has 6 nitrogen and oxygen atoms in total. The third-order valence-corrected chi connectivity index (χ3v) is 8.04. The van der Waals surface area contributed by atoms with E-state index >= 15 is 0 Å². The van der Waals surface area contributed by atoms with Crippen molar-refractivity contribution >= 4 is 16.8 Å². The van der Waals surface area contributed by atoms with Crippen LogP contribution in [0.2, 0.25) is 0 Å². The Labute approximate surface area is 190 Å². The van der Waals surface area contributed by atoms with Crippen molar-refractivity contribution in [2.45, 2.75) is 83.0 Å². The zero-order valence-corrected chi connectivity index (χ0v) is 20.4. The quantitative estimate of drug-likeness (QED) is 0.496. The van der Waals surface area contributed by atoms with Crippen LogP contribution in [0.25, 0.3) is 0 Å². The number of aliphatic imine (C=N–C) groups is 1. The van der Waals surface area contributed by atoms with Gasteiger partial charge in [-0.15, -0.1) is 0 Å². The molecule has 2 aliphatic rings. The van der Waals surface area contributed by atoms with Crippen LogP contribution in [-0.2, 0) is 28.6 Å². The highest BCUT2D eigenvalue weighted by Gasteiger charge is 2.26. The molecule has 5 atom stereocenters. The van der Waals surface area contributed by atoms with Crippen LogP contribution in [0.1, 0.15) is 57.6 Å². The van der Waals surface area contributed by atoms with Gasteiger partial charge in [0.1, 0.15) is 0 Å². The first kappa shape index (κ1) is 24.2. The van der Waals surface area contributed by atoms with Gasteiger partial charge in [0, 0.05) is 61.1 Å². The molecule has 1 aromatic rings. The third-order valence-electron chi connectivity index (χ3n) is 6.30. The minimum Gasteiger partial charge on any atom is -0.373 e. The topological polar surface area (TPSA) is 66.0 Å². The first-order valence-corrected chi connectivity index (χ1v) is 13.2. The number of benzene rings is 1. The summed E-state index contributed by atoms with van der Waals surface area (Å²) in [5, 5.41) is 7.39. The maximum absolute atomic E-state index is 12.2. The summed E-state index contributed by atoms with van der Waals surface area (Å²) in [5.74, 6) is 1.58. The predicted octanol–water partition coefficient (Wildman–Crippen LogP) is 3.04. The van der Waals surface area contributed by atoms with Crippen LogP contribution in [0.3, 0.4) is 0 Å². The van der Waals surface area contributed by atoms with Crippen LogP contribution in [0.15, 0.2) is 29.3 Å². The zero-order chi connectivity index (χ0) is 22.2. The zero-order valence-electron chi connectivity index (χ0n) is 19.6. The highest BCUT2D eigenvalue weighted by molar-refractivity contribution is 7.85. The summed E-state index contributed by atoms with van der Waals surface area (Å²) in [6.45, 7) is 9.94. The fraction of sp³-hybridized carbons (Fsp3) is 0.708. The van der Waals surface area contributed by atoms with E-state index < -0.39 is 10.8 Å². The Hall–Kier alpha value is -1.44. The summed E-state index contributed by atoms with van der Waals surface area (Å²) in [6, 6.07) is 8.99. The lowest BCUT2D eigenvalue weighted by atomic mass is 9.95. The van der Waals surface area contributed by atoms with E-state index in [4.69, 9.17) is 4.74 Å². The van der Waals surface area contributed by atoms with E-state index in [-0.39, 0.29) is 12.2 Å². The predicted molar refractivity (Wildman–Crippen MR) is 130 cm³/mol. The highest BCUT2D eigenvalue weighted by Crippen LogP contribution is 2.23. The highest BCUT2D eigenvalue weighted by atomic mass is 32.2. The van der Waals surface area contributed by atoms with Crippen molar-refractivity contribution in [1.29, 1.82) is 0 Å². The first-order valence-electron chi connectivity index (χ1n) is 11.8. The van der Waals surface area contributed by atoms with Gasteiger partial charge < -0.3 is 15.4 Å². The van der Waals surface area contributed by atoms with Crippen molar-refractivity contribution in [2.75, 3.05) is 25.9 Å². The number of hydrogen-bond donors (Lipinski definition) is 2. The second kappa shape index (κ2) is 12.0. The van der Waals surface area contributed by atoms with E-state index in [1.807, 2.05) is 14.0 Å². The molecule has 0 spiro atoms. The summed E-state index contributed by atoms with van der Waals surface area (Å²) in [6.07, 6.45) is 4.84. The van der Waals surface area contributed by atoms with Crippen LogP contribution in [0, 0.1) is 0 Å². The molecular weight excluding hydrogens is 408 g/mol. The molecule has 0 amide bonds. The second-order valence-corrected chi connectivity index (χ2v) is 11.0. The number of nitrogens with one attached hydrogen (secondary N) is 2. The second-order valence-electron chi connectivity index (χ2n) is 8.95. The van der Waals surface area contributed by atoms with E-state index in [1.165, 1.54) is 11.1 Å². The minimum absolute atomic E-state index is 0.276. The van der Waals surface area contributed by atoms with Gasteiger partial charge in [-0.05, 0) is 44.2 Å². The van der Waals surface area contributed by atoms with Gasteiger partial charge in [-0.25, -0.2) is 0 Å². The molecule has 0 radical (unpaired) electrons. The molecule has 1 saturated carbocycles. The molecule has 3 rings (SSSR count). The van der Waals surface area contributed by atoms with E-state index in [0.29, 0.717) is 11.3 Å². The number of guanidine groups is 1. The smallest absolute Gasteiger partial charge is 0.191 e. The SMILES string of the molecule is CCS(=O)C1CCCC(NC(=NC)NCc2ccccc2CN2CC(C)OC(C)C2)C1. The van der Waals surface area contributed by atoms with Crippen LogP contribution in [0.5, 0.6) is 0 Å². The van der Waals surface area contributed by atoms with E-state index in [9.17, 15) is 4.21 Å². The molecule has 1 aliphatic heterocycles. The molecule has 1 aliphatic carbocycles. The minimum atomic E-state index is -0.710. The molecule has 1 saturated heterocycles. The normalized spacial score (nSPS) is 28.8. The largest absolute Gasteiger partial charge is 0.373 e. The van der Waals surface area contributed by atoms with Crippen LogP contribution in [0.4, 0.5) is 0 Å². The number of hydrogen-bond acceptors (Lipinski definition) is 4. The lowest BCUT2D eigenvalue weighted by Gasteiger charge is -2.35.